The lowest BCUT2D eigenvalue weighted by Crippen LogP contribution is -2.46. The molecule has 0 fully saturated rings. The molecule has 0 bridgehead atoms. The molecule has 0 aliphatic heterocycles. The molecule has 0 aromatic carbocycles. The second kappa shape index (κ2) is 42.4. The first-order chi connectivity index (χ1) is 27.0. The molecule has 0 aliphatic rings. The number of nitrogens with one attached hydrogen (secondary N) is 1. The van der Waals surface area contributed by atoms with E-state index in [0.29, 0.717) is 19.3 Å². The number of allylic oxidation sites excluding steroid dienone is 12. The highest BCUT2D eigenvalue weighted by atomic mass is 16.5. The highest BCUT2D eigenvalue weighted by molar-refractivity contribution is 5.77. The third-order valence-corrected chi connectivity index (χ3v) is 9.96. The molecular weight excluding hydrogens is 683 g/mol. The summed E-state index contributed by atoms with van der Waals surface area (Å²) in [5.74, 6) is -0.532. The van der Waals surface area contributed by atoms with E-state index in [1.807, 2.05) is 54.7 Å². The Labute approximate surface area is 339 Å². The minimum atomic E-state index is -0.794. The third kappa shape index (κ3) is 38.0. The molecule has 6 heteroatoms. The van der Waals surface area contributed by atoms with Crippen molar-refractivity contribution < 1.29 is 24.5 Å². The van der Waals surface area contributed by atoms with Gasteiger partial charge in [-0.3, -0.25) is 9.59 Å². The molecule has 0 aliphatic carbocycles. The number of ether oxygens (including phenoxy) is 1. The van der Waals surface area contributed by atoms with Crippen molar-refractivity contribution in [2.24, 2.45) is 0 Å². The van der Waals surface area contributed by atoms with Gasteiger partial charge in [0.05, 0.1) is 25.2 Å². The van der Waals surface area contributed by atoms with Crippen molar-refractivity contribution in [1.29, 1.82) is 0 Å². The van der Waals surface area contributed by atoms with E-state index in [4.69, 9.17) is 4.74 Å². The largest absolute Gasteiger partial charge is 0.462 e. The highest BCUT2D eigenvalue weighted by Gasteiger charge is 2.24. The van der Waals surface area contributed by atoms with E-state index in [9.17, 15) is 19.8 Å². The van der Waals surface area contributed by atoms with Crippen LogP contribution in [0.4, 0.5) is 0 Å². The van der Waals surface area contributed by atoms with Crippen LogP contribution in [0.25, 0.3) is 0 Å². The van der Waals surface area contributed by atoms with Crippen LogP contribution in [0.1, 0.15) is 201 Å². The molecule has 0 saturated heterocycles. The van der Waals surface area contributed by atoms with E-state index in [-0.39, 0.29) is 24.9 Å². The zero-order valence-corrected chi connectivity index (χ0v) is 35.8. The lowest BCUT2D eigenvalue weighted by atomic mass is 10.0. The van der Waals surface area contributed by atoms with Crippen molar-refractivity contribution in [1.82, 2.24) is 5.32 Å². The molecule has 0 aromatic rings. The van der Waals surface area contributed by atoms with Gasteiger partial charge in [-0.2, -0.15) is 0 Å². The van der Waals surface area contributed by atoms with Crippen LogP contribution in [-0.2, 0) is 14.3 Å². The molecule has 0 rings (SSSR count). The Morgan fingerprint density at radius 1 is 0.545 bits per heavy atom. The smallest absolute Gasteiger partial charge is 0.306 e. The fraction of sp³-hybridized carbons (Fsp3) is 0.714. The Kier molecular flexibility index (Phi) is 40.4. The summed E-state index contributed by atoms with van der Waals surface area (Å²) in [5.41, 5.74) is 0. The van der Waals surface area contributed by atoms with E-state index in [1.165, 1.54) is 83.5 Å². The number of hydrogen-bond acceptors (Lipinski definition) is 5. The summed E-state index contributed by atoms with van der Waals surface area (Å²) in [5, 5.41) is 23.6. The second-order valence-corrected chi connectivity index (χ2v) is 15.2. The highest BCUT2D eigenvalue weighted by Crippen LogP contribution is 2.17. The minimum Gasteiger partial charge on any atom is -0.462 e. The van der Waals surface area contributed by atoms with Crippen molar-refractivity contribution in [2.75, 3.05) is 6.61 Å². The molecule has 3 N–H and O–H groups in total. The molecule has 3 unspecified atom stereocenters. The van der Waals surface area contributed by atoms with Crippen LogP contribution < -0.4 is 5.32 Å². The summed E-state index contributed by atoms with van der Waals surface area (Å²) in [6.07, 6.45) is 52.4. The number of carbonyl (C=O) groups is 2. The van der Waals surface area contributed by atoms with Gasteiger partial charge >= 0.3 is 5.97 Å². The predicted molar refractivity (Wildman–Crippen MR) is 236 cm³/mol. The average molecular weight is 768 g/mol. The standard InChI is InChI=1S/C49H85NO5/c1-4-7-10-13-16-19-21-22-23-24-25-26-27-30-33-36-39-42-49(54)55-45(40-37-34-31-28-18-15-12-9-6-3)43-48(53)50-46(44-51)47(52)41-38-35-32-29-20-17-14-11-8-5-2/h7,10,13,16,19,21-27,45-47,51-52H,4-6,8-9,11-12,14-15,17-18,20,28-44H2,1-3H3,(H,50,53)/b10-7-,16-13+,21-19+,23-22-,25-24+,27-26+. The van der Waals surface area contributed by atoms with Gasteiger partial charge in [0.25, 0.3) is 0 Å². The Morgan fingerprint density at radius 2 is 0.982 bits per heavy atom. The quantitative estimate of drug-likeness (QED) is 0.0329. The lowest BCUT2D eigenvalue weighted by molar-refractivity contribution is -0.151. The lowest BCUT2D eigenvalue weighted by Gasteiger charge is -2.24. The van der Waals surface area contributed by atoms with Gasteiger partial charge in [0.1, 0.15) is 6.10 Å². The number of rotatable bonds is 39. The molecule has 0 radical (unpaired) electrons. The number of amides is 1. The SMILES string of the molecule is CC\C=C/C=C/C=C/C=C\C=C\C=C\CCCCCC(=O)OC(CCCCCCCCCCC)CC(=O)NC(CO)C(O)CCCCCCCCCCCC. The number of hydrogen-bond donors (Lipinski definition) is 3. The van der Waals surface area contributed by atoms with Crippen molar-refractivity contribution in [3.05, 3.63) is 72.9 Å². The van der Waals surface area contributed by atoms with Crippen LogP contribution in [0.3, 0.4) is 0 Å². The number of aliphatic hydroxyl groups is 2. The Morgan fingerprint density at radius 3 is 1.47 bits per heavy atom. The zero-order chi connectivity index (χ0) is 40.3. The monoisotopic (exact) mass is 768 g/mol. The zero-order valence-electron chi connectivity index (χ0n) is 35.8. The van der Waals surface area contributed by atoms with Gasteiger partial charge in [0.15, 0.2) is 0 Å². The van der Waals surface area contributed by atoms with Gasteiger partial charge < -0.3 is 20.3 Å². The van der Waals surface area contributed by atoms with E-state index in [2.05, 4.69) is 44.3 Å². The maximum atomic E-state index is 13.1. The van der Waals surface area contributed by atoms with Crippen LogP contribution in [0.15, 0.2) is 72.9 Å². The summed E-state index contributed by atoms with van der Waals surface area (Å²) in [6, 6.07) is -0.709. The topological polar surface area (TPSA) is 95.9 Å². The van der Waals surface area contributed by atoms with Crippen LogP contribution >= 0.6 is 0 Å². The van der Waals surface area contributed by atoms with Crippen molar-refractivity contribution in [3.8, 4) is 0 Å². The Balaban J connectivity index is 4.63. The Hall–Kier alpha value is -2.70. The fourth-order valence-electron chi connectivity index (χ4n) is 6.52. The second-order valence-electron chi connectivity index (χ2n) is 15.2. The van der Waals surface area contributed by atoms with Gasteiger partial charge in [-0.15, -0.1) is 0 Å². The van der Waals surface area contributed by atoms with Crippen molar-refractivity contribution in [2.45, 2.75) is 219 Å². The van der Waals surface area contributed by atoms with E-state index < -0.39 is 18.2 Å². The Bertz CT molecular complexity index is 1040. The van der Waals surface area contributed by atoms with Gasteiger partial charge in [0.2, 0.25) is 5.91 Å². The number of esters is 1. The molecule has 55 heavy (non-hydrogen) atoms. The molecule has 1 amide bonds. The van der Waals surface area contributed by atoms with Gasteiger partial charge in [-0.25, -0.2) is 0 Å². The molecule has 0 saturated carbocycles. The molecular formula is C49H85NO5. The van der Waals surface area contributed by atoms with Crippen molar-refractivity contribution >= 4 is 11.9 Å². The maximum Gasteiger partial charge on any atom is 0.306 e. The molecule has 0 aromatic heterocycles. The first-order valence-corrected chi connectivity index (χ1v) is 22.7. The van der Waals surface area contributed by atoms with Crippen LogP contribution in [0.2, 0.25) is 0 Å². The maximum absolute atomic E-state index is 13.1. The number of aliphatic hydroxyl groups excluding tert-OH is 2. The molecule has 6 nitrogen and oxygen atoms in total. The van der Waals surface area contributed by atoms with Crippen LogP contribution in [0, 0.1) is 0 Å². The molecule has 0 spiro atoms. The van der Waals surface area contributed by atoms with Gasteiger partial charge in [0, 0.05) is 6.42 Å². The van der Waals surface area contributed by atoms with E-state index >= 15 is 0 Å². The molecule has 0 heterocycles. The summed E-state index contributed by atoms with van der Waals surface area (Å²) in [4.78, 5) is 25.9. The van der Waals surface area contributed by atoms with Crippen LogP contribution in [-0.4, -0.2) is 46.9 Å². The minimum absolute atomic E-state index is 0.0573. The summed E-state index contributed by atoms with van der Waals surface area (Å²) < 4.78 is 5.87. The molecule has 3 atom stereocenters. The summed E-state index contributed by atoms with van der Waals surface area (Å²) >= 11 is 0. The molecule has 316 valence electrons. The van der Waals surface area contributed by atoms with Gasteiger partial charge in [-0.05, 0) is 44.9 Å². The first-order valence-electron chi connectivity index (χ1n) is 22.7. The van der Waals surface area contributed by atoms with Crippen molar-refractivity contribution in [3.63, 3.8) is 0 Å². The predicted octanol–water partition coefficient (Wildman–Crippen LogP) is 13.1. The number of unbranched alkanes of at least 4 members (excludes halogenated alkanes) is 20. The van der Waals surface area contributed by atoms with E-state index in [1.54, 1.807) is 0 Å². The van der Waals surface area contributed by atoms with Crippen LogP contribution in [0.5, 0.6) is 0 Å². The fourth-order valence-corrected chi connectivity index (χ4v) is 6.52. The third-order valence-electron chi connectivity index (χ3n) is 9.96. The summed E-state index contributed by atoms with van der Waals surface area (Å²) in [7, 11) is 0. The van der Waals surface area contributed by atoms with Gasteiger partial charge in [-0.1, -0.05) is 216 Å². The number of carbonyl (C=O) groups excluding carboxylic acids is 2. The van der Waals surface area contributed by atoms with E-state index in [0.717, 1.165) is 70.6 Å². The first kappa shape index (κ1) is 52.3. The summed E-state index contributed by atoms with van der Waals surface area (Å²) in [6.45, 7) is 6.28. The average Bonchev–Trinajstić information content (AvgIpc) is 3.18. The normalized spacial score (nSPS) is 14.1.